The third-order valence-electron chi connectivity index (χ3n) is 4.01. The molecule has 4 aromatic rings. The summed E-state index contributed by atoms with van der Waals surface area (Å²) in [5.74, 6) is 0. The Kier molecular flexibility index (Phi) is 3.91. The van der Waals surface area contributed by atoms with E-state index in [1.807, 2.05) is 36.4 Å². The van der Waals surface area contributed by atoms with Crippen LogP contribution in [0.3, 0.4) is 0 Å². The first-order valence-corrected chi connectivity index (χ1v) is 10.2. The van der Waals surface area contributed by atoms with Crippen molar-refractivity contribution in [2.24, 2.45) is 0 Å². The lowest BCUT2D eigenvalue weighted by Crippen LogP contribution is -2.14. The standard InChI is InChI=1S/C18H13ClN2O2S2/c1-11-14(19)7-4-8-16(11)25(22,23)21-18-20-17-13-6-3-2-5-12(13)9-10-15(17)24-18/h2-10H,1H3,(H,20,21). The molecule has 1 N–H and O–H groups in total. The van der Waals surface area contributed by atoms with Gasteiger partial charge in [0, 0.05) is 10.4 Å². The Bertz CT molecular complexity index is 1220. The zero-order valence-electron chi connectivity index (χ0n) is 13.2. The van der Waals surface area contributed by atoms with E-state index in [-0.39, 0.29) is 4.90 Å². The van der Waals surface area contributed by atoms with Crippen LogP contribution in [0.1, 0.15) is 5.56 Å². The van der Waals surface area contributed by atoms with Crippen molar-refractivity contribution in [3.8, 4) is 0 Å². The highest BCUT2D eigenvalue weighted by atomic mass is 35.5. The van der Waals surface area contributed by atoms with E-state index in [9.17, 15) is 8.42 Å². The predicted molar refractivity (Wildman–Crippen MR) is 104 cm³/mol. The van der Waals surface area contributed by atoms with Gasteiger partial charge in [0.2, 0.25) is 0 Å². The third-order valence-corrected chi connectivity index (χ3v) is 6.97. The smallest absolute Gasteiger partial charge is 0.255 e. The molecule has 4 rings (SSSR count). The summed E-state index contributed by atoms with van der Waals surface area (Å²) in [6.45, 7) is 1.68. The normalized spacial score (nSPS) is 11.9. The SMILES string of the molecule is Cc1c(Cl)cccc1S(=O)(=O)Nc1nc2c(ccc3ccccc32)s1. The number of rotatable bonds is 3. The van der Waals surface area contributed by atoms with Gasteiger partial charge in [-0.3, -0.25) is 4.72 Å². The minimum absolute atomic E-state index is 0.157. The lowest BCUT2D eigenvalue weighted by atomic mass is 10.1. The van der Waals surface area contributed by atoms with Crippen molar-refractivity contribution < 1.29 is 8.42 Å². The highest BCUT2D eigenvalue weighted by Gasteiger charge is 2.20. The maximum atomic E-state index is 12.7. The quantitative estimate of drug-likeness (QED) is 0.524. The van der Waals surface area contributed by atoms with E-state index in [4.69, 9.17) is 11.6 Å². The number of hydrogen-bond donors (Lipinski definition) is 1. The molecule has 126 valence electrons. The Morgan fingerprint density at radius 1 is 1.04 bits per heavy atom. The predicted octanol–water partition coefficient (Wildman–Crippen LogP) is 5.21. The fourth-order valence-corrected chi connectivity index (χ4v) is 5.37. The number of nitrogens with zero attached hydrogens (tertiary/aromatic N) is 1. The van der Waals surface area contributed by atoms with Crippen LogP contribution in [0.2, 0.25) is 5.02 Å². The van der Waals surface area contributed by atoms with E-state index >= 15 is 0 Å². The number of aromatic nitrogens is 1. The van der Waals surface area contributed by atoms with Gasteiger partial charge >= 0.3 is 0 Å². The molecule has 0 saturated heterocycles. The number of halogens is 1. The lowest BCUT2D eigenvalue weighted by molar-refractivity contribution is 0.600. The van der Waals surface area contributed by atoms with Crippen molar-refractivity contribution >= 4 is 59.1 Å². The summed E-state index contributed by atoms with van der Waals surface area (Å²) in [6, 6.07) is 16.7. The molecule has 0 fully saturated rings. The van der Waals surface area contributed by atoms with Crippen LogP contribution < -0.4 is 4.72 Å². The minimum Gasteiger partial charge on any atom is -0.255 e. The number of nitrogens with one attached hydrogen (secondary N) is 1. The van der Waals surface area contributed by atoms with Crippen LogP contribution in [-0.4, -0.2) is 13.4 Å². The van der Waals surface area contributed by atoms with Gasteiger partial charge in [0.25, 0.3) is 10.0 Å². The molecule has 0 amide bonds. The second-order valence-electron chi connectivity index (χ2n) is 5.62. The van der Waals surface area contributed by atoms with E-state index in [0.29, 0.717) is 15.7 Å². The van der Waals surface area contributed by atoms with E-state index in [1.54, 1.807) is 19.1 Å². The molecule has 3 aromatic carbocycles. The first-order valence-electron chi connectivity index (χ1n) is 7.52. The zero-order chi connectivity index (χ0) is 17.6. The molecule has 0 spiro atoms. The minimum atomic E-state index is -3.75. The maximum Gasteiger partial charge on any atom is 0.263 e. The van der Waals surface area contributed by atoms with E-state index < -0.39 is 10.0 Å². The number of fused-ring (bicyclic) bond motifs is 3. The third kappa shape index (κ3) is 2.86. The van der Waals surface area contributed by atoms with Crippen LogP contribution in [-0.2, 0) is 10.0 Å². The molecule has 0 bridgehead atoms. The number of benzene rings is 3. The molecule has 1 aromatic heterocycles. The van der Waals surface area contributed by atoms with E-state index in [1.165, 1.54) is 17.4 Å². The van der Waals surface area contributed by atoms with Crippen LogP contribution in [0.4, 0.5) is 5.13 Å². The molecule has 0 aliphatic heterocycles. The summed E-state index contributed by atoms with van der Waals surface area (Å²) in [6.07, 6.45) is 0. The van der Waals surface area contributed by atoms with Gasteiger partial charge in [-0.25, -0.2) is 13.4 Å². The monoisotopic (exact) mass is 388 g/mol. The van der Waals surface area contributed by atoms with Gasteiger partial charge < -0.3 is 0 Å². The van der Waals surface area contributed by atoms with E-state index in [2.05, 4.69) is 9.71 Å². The summed E-state index contributed by atoms with van der Waals surface area (Å²) in [5, 5.41) is 2.82. The number of anilines is 1. The average molecular weight is 389 g/mol. The maximum absolute atomic E-state index is 12.7. The van der Waals surface area contributed by atoms with Crippen LogP contribution in [0.15, 0.2) is 59.5 Å². The second kappa shape index (κ2) is 5.98. The topological polar surface area (TPSA) is 59.1 Å². The number of sulfonamides is 1. The molecule has 0 aliphatic carbocycles. The first-order chi connectivity index (χ1) is 12.0. The Morgan fingerprint density at radius 2 is 1.84 bits per heavy atom. The van der Waals surface area contributed by atoms with Gasteiger partial charge in [-0.2, -0.15) is 0 Å². The molecular formula is C18H13ClN2O2S2. The van der Waals surface area contributed by atoms with Crippen molar-refractivity contribution in [3.05, 3.63) is 65.2 Å². The zero-order valence-corrected chi connectivity index (χ0v) is 15.5. The molecule has 1 heterocycles. The fourth-order valence-electron chi connectivity index (χ4n) is 2.75. The summed E-state index contributed by atoms with van der Waals surface area (Å²) in [4.78, 5) is 4.66. The van der Waals surface area contributed by atoms with Crippen molar-refractivity contribution in [1.82, 2.24) is 4.98 Å². The summed E-state index contributed by atoms with van der Waals surface area (Å²) in [5.41, 5.74) is 1.31. The second-order valence-corrected chi connectivity index (χ2v) is 8.71. The van der Waals surface area contributed by atoms with Gasteiger partial charge in [0.05, 0.1) is 15.1 Å². The van der Waals surface area contributed by atoms with Gasteiger partial charge in [0.15, 0.2) is 5.13 Å². The Hall–Kier alpha value is -2.15. The summed E-state index contributed by atoms with van der Waals surface area (Å²) in [7, 11) is -3.75. The lowest BCUT2D eigenvalue weighted by Gasteiger charge is -2.08. The molecule has 0 atom stereocenters. The largest absolute Gasteiger partial charge is 0.263 e. The summed E-state index contributed by atoms with van der Waals surface area (Å²) >= 11 is 7.36. The van der Waals surface area contributed by atoms with Crippen molar-refractivity contribution in [1.29, 1.82) is 0 Å². The molecule has 4 nitrogen and oxygen atoms in total. The number of thiazole rings is 1. The Labute approximate surface area is 154 Å². The van der Waals surface area contributed by atoms with Crippen LogP contribution in [0.25, 0.3) is 21.0 Å². The highest BCUT2D eigenvalue weighted by Crippen LogP contribution is 2.33. The van der Waals surface area contributed by atoms with Crippen LogP contribution in [0.5, 0.6) is 0 Å². The Morgan fingerprint density at radius 3 is 2.68 bits per heavy atom. The fraction of sp³-hybridized carbons (Fsp3) is 0.0556. The van der Waals surface area contributed by atoms with Crippen LogP contribution >= 0.6 is 22.9 Å². The number of hydrogen-bond acceptors (Lipinski definition) is 4. The van der Waals surface area contributed by atoms with E-state index in [0.717, 1.165) is 21.0 Å². The van der Waals surface area contributed by atoms with Gasteiger partial charge in [-0.05, 0) is 36.1 Å². The molecular weight excluding hydrogens is 376 g/mol. The first kappa shape index (κ1) is 16.3. The molecule has 0 unspecified atom stereocenters. The molecule has 0 aliphatic rings. The summed E-state index contributed by atoms with van der Waals surface area (Å²) < 4.78 is 28.9. The molecule has 7 heteroatoms. The van der Waals surface area contributed by atoms with Crippen LogP contribution in [0, 0.1) is 6.92 Å². The van der Waals surface area contributed by atoms with Gasteiger partial charge in [0.1, 0.15) is 0 Å². The molecule has 0 saturated carbocycles. The van der Waals surface area contributed by atoms with Gasteiger partial charge in [-0.15, -0.1) is 0 Å². The average Bonchev–Trinajstić information content (AvgIpc) is 2.99. The molecule has 25 heavy (non-hydrogen) atoms. The Balaban J connectivity index is 1.80. The van der Waals surface area contributed by atoms with Crippen molar-refractivity contribution in [2.75, 3.05) is 4.72 Å². The van der Waals surface area contributed by atoms with Crippen molar-refractivity contribution in [2.45, 2.75) is 11.8 Å². The van der Waals surface area contributed by atoms with Gasteiger partial charge in [-0.1, -0.05) is 59.3 Å². The van der Waals surface area contributed by atoms with Crippen molar-refractivity contribution in [3.63, 3.8) is 0 Å². The molecule has 0 radical (unpaired) electrons. The highest BCUT2D eigenvalue weighted by molar-refractivity contribution is 7.93.